The first-order valence-electron chi connectivity index (χ1n) is 3.77. The molecule has 14 heavy (non-hydrogen) atoms. The molecule has 0 bridgehead atoms. The van der Waals surface area contributed by atoms with Crippen molar-refractivity contribution in [1.82, 2.24) is 0 Å². The van der Waals surface area contributed by atoms with E-state index >= 15 is 0 Å². The van der Waals surface area contributed by atoms with Crippen LogP contribution >= 0.6 is 10.7 Å². The summed E-state index contributed by atoms with van der Waals surface area (Å²) in [6.45, 7) is 0. The molecular formula is C8H10ClNO3S. The van der Waals surface area contributed by atoms with Gasteiger partial charge in [-0.3, -0.25) is 4.31 Å². The monoisotopic (exact) mass is 235 g/mol. The molecule has 1 aromatic carbocycles. The van der Waals surface area contributed by atoms with Gasteiger partial charge in [0.25, 0.3) is 0 Å². The van der Waals surface area contributed by atoms with Crippen molar-refractivity contribution in [2.75, 3.05) is 18.5 Å². The Kier molecular flexibility index (Phi) is 3.23. The fourth-order valence-electron chi connectivity index (χ4n) is 0.918. The predicted octanol–water partition coefficient (Wildman–Crippen LogP) is 1.61. The van der Waals surface area contributed by atoms with Crippen LogP contribution in [0.15, 0.2) is 24.3 Å². The summed E-state index contributed by atoms with van der Waals surface area (Å²) in [5.74, 6) is 0.661. The molecule has 0 aliphatic heterocycles. The van der Waals surface area contributed by atoms with Gasteiger partial charge in [0.05, 0.1) is 12.8 Å². The number of nitrogens with zero attached hydrogens (tertiary/aromatic N) is 1. The van der Waals surface area contributed by atoms with Crippen LogP contribution in [-0.4, -0.2) is 22.6 Å². The number of halogens is 1. The first-order chi connectivity index (χ1) is 6.45. The summed E-state index contributed by atoms with van der Waals surface area (Å²) in [7, 11) is 4.37. The van der Waals surface area contributed by atoms with Gasteiger partial charge in [0.1, 0.15) is 5.75 Å². The summed E-state index contributed by atoms with van der Waals surface area (Å²) >= 11 is 0. The zero-order valence-corrected chi connectivity index (χ0v) is 9.34. The van der Waals surface area contributed by atoms with Crippen molar-refractivity contribution in [3.8, 4) is 5.75 Å². The molecule has 78 valence electrons. The third-order valence-electron chi connectivity index (χ3n) is 1.76. The molecule has 0 saturated heterocycles. The number of hydrogen-bond donors (Lipinski definition) is 0. The van der Waals surface area contributed by atoms with Gasteiger partial charge in [-0.15, -0.1) is 0 Å². The maximum Gasteiger partial charge on any atom is 0.321 e. The van der Waals surface area contributed by atoms with E-state index in [-0.39, 0.29) is 0 Å². The van der Waals surface area contributed by atoms with Crippen LogP contribution < -0.4 is 9.04 Å². The lowest BCUT2D eigenvalue weighted by molar-refractivity contribution is 0.415. The van der Waals surface area contributed by atoms with E-state index in [1.807, 2.05) is 0 Å². The summed E-state index contributed by atoms with van der Waals surface area (Å²) in [5.41, 5.74) is 0.487. The number of methoxy groups -OCH3 is 1. The fraction of sp³-hybridized carbons (Fsp3) is 0.250. The Hall–Kier alpha value is -0.940. The Morgan fingerprint density at radius 1 is 1.29 bits per heavy atom. The van der Waals surface area contributed by atoms with Gasteiger partial charge < -0.3 is 4.74 Å². The van der Waals surface area contributed by atoms with Crippen LogP contribution in [0.2, 0.25) is 0 Å². The minimum Gasteiger partial charge on any atom is -0.497 e. The minimum atomic E-state index is -3.71. The Labute approximate surface area is 87.6 Å². The predicted molar refractivity (Wildman–Crippen MR) is 56.2 cm³/mol. The number of rotatable bonds is 3. The molecule has 0 spiro atoms. The maximum absolute atomic E-state index is 10.9. The lowest BCUT2D eigenvalue weighted by Crippen LogP contribution is -2.20. The van der Waals surface area contributed by atoms with E-state index in [0.29, 0.717) is 11.4 Å². The SMILES string of the molecule is COc1ccc(N(C)S(=O)(=O)Cl)cc1. The second-order valence-electron chi connectivity index (χ2n) is 2.61. The molecule has 4 nitrogen and oxygen atoms in total. The Balaban J connectivity index is 2.98. The standard InChI is InChI=1S/C8H10ClNO3S/c1-10(14(9,11)12)7-3-5-8(13-2)6-4-7/h3-6H,1-2H3. The molecule has 0 amide bonds. The van der Waals surface area contributed by atoms with Crippen molar-refractivity contribution in [1.29, 1.82) is 0 Å². The molecule has 0 atom stereocenters. The van der Waals surface area contributed by atoms with Crippen LogP contribution in [0.5, 0.6) is 5.75 Å². The molecule has 0 aliphatic rings. The average Bonchev–Trinajstić information content (AvgIpc) is 2.15. The van der Waals surface area contributed by atoms with Crippen LogP contribution in [0, 0.1) is 0 Å². The Bertz CT molecular complexity index is 401. The average molecular weight is 236 g/mol. The molecule has 0 saturated carbocycles. The summed E-state index contributed by atoms with van der Waals surface area (Å²) in [4.78, 5) is 0. The van der Waals surface area contributed by atoms with Crippen molar-refractivity contribution >= 4 is 25.6 Å². The zero-order chi connectivity index (χ0) is 10.8. The van der Waals surface area contributed by atoms with Crippen LogP contribution in [0.1, 0.15) is 0 Å². The molecular weight excluding hydrogens is 226 g/mol. The highest BCUT2D eigenvalue weighted by Gasteiger charge is 2.13. The first kappa shape index (κ1) is 11.1. The molecule has 1 aromatic rings. The van der Waals surface area contributed by atoms with Gasteiger partial charge >= 0.3 is 9.24 Å². The van der Waals surface area contributed by atoms with Gasteiger partial charge in [-0.2, -0.15) is 8.42 Å². The second kappa shape index (κ2) is 4.06. The van der Waals surface area contributed by atoms with Crippen LogP contribution in [-0.2, 0) is 9.24 Å². The van der Waals surface area contributed by atoms with E-state index < -0.39 is 9.24 Å². The quantitative estimate of drug-likeness (QED) is 0.748. The highest BCUT2D eigenvalue weighted by molar-refractivity contribution is 8.14. The topological polar surface area (TPSA) is 46.6 Å². The molecule has 1 rings (SSSR count). The first-order valence-corrected chi connectivity index (χ1v) is 6.04. The van der Waals surface area contributed by atoms with E-state index in [1.54, 1.807) is 24.3 Å². The molecule has 0 aliphatic carbocycles. The minimum absolute atomic E-state index is 0.487. The van der Waals surface area contributed by atoms with Crippen molar-refractivity contribution in [2.24, 2.45) is 0 Å². The van der Waals surface area contributed by atoms with E-state index in [4.69, 9.17) is 15.4 Å². The molecule has 0 aromatic heterocycles. The summed E-state index contributed by atoms with van der Waals surface area (Å²) in [5, 5.41) is 0. The molecule has 0 unspecified atom stereocenters. The van der Waals surface area contributed by atoms with E-state index in [9.17, 15) is 8.42 Å². The number of benzene rings is 1. The summed E-state index contributed by atoms with van der Waals surface area (Å²) < 4.78 is 27.8. The van der Waals surface area contributed by atoms with Crippen LogP contribution in [0.3, 0.4) is 0 Å². The molecule has 0 N–H and O–H groups in total. The number of anilines is 1. The molecule has 6 heteroatoms. The van der Waals surface area contributed by atoms with Crippen LogP contribution in [0.25, 0.3) is 0 Å². The molecule has 0 radical (unpaired) electrons. The van der Waals surface area contributed by atoms with E-state index in [2.05, 4.69) is 0 Å². The summed E-state index contributed by atoms with van der Waals surface area (Å²) in [6.07, 6.45) is 0. The highest BCUT2D eigenvalue weighted by atomic mass is 35.7. The highest BCUT2D eigenvalue weighted by Crippen LogP contribution is 2.21. The van der Waals surface area contributed by atoms with E-state index in [0.717, 1.165) is 4.31 Å². The Morgan fingerprint density at radius 3 is 2.14 bits per heavy atom. The lowest BCUT2D eigenvalue weighted by Gasteiger charge is -2.14. The van der Waals surface area contributed by atoms with Gasteiger partial charge in [0.2, 0.25) is 0 Å². The van der Waals surface area contributed by atoms with E-state index in [1.165, 1.54) is 14.2 Å². The molecule has 0 fully saturated rings. The fourth-order valence-corrected chi connectivity index (χ4v) is 1.53. The van der Waals surface area contributed by atoms with Crippen molar-refractivity contribution < 1.29 is 13.2 Å². The van der Waals surface area contributed by atoms with Crippen molar-refractivity contribution in [2.45, 2.75) is 0 Å². The van der Waals surface area contributed by atoms with Gasteiger partial charge in [0.15, 0.2) is 0 Å². The Morgan fingerprint density at radius 2 is 1.79 bits per heavy atom. The maximum atomic E-state index is 10.9. The molecule has 0 heterocycles. The summed E-state index contributed by atoms with van der Waals surface area (Å²) in [6, 6.07) is 6.54. The van der Waals surface area contributed by atoms with Gasteiger partial charge in [0, 0.05) is 17.7 Å². The normalized spacial score (nSPS) is 11.1. The number of hydrogen-bond acceptors (Lipinski definition) is 3. The van der Waals surface area contributed by atoms with Crippen molar-refractivity contribution in [3.05, 3.63) is 24.3 Å². The largest absolute Gasteiger partial charge is 0.497 e. The van der Waals surface area contributed by atoms with Gasteiger partial charge in [-0.25, -0.2) is 0 Å². The second-order valence-corrected chi connectivity index (χ2v) is 5.15. The smallest absolute Gasteiger partial charge is 0.321 e. The number of ether oxygens (including phenoxy) is 1. The van der Waals surface area contributed by atoms with Gasteiger partial charge in [-0.05, 0) is 24.3 Å². The zero-order valence-electron chi connectivity index (χ0n) is 7.77. The van der Waals surface area contributed by atoms with Gasteiger partial charge in [-0.1, -0.05) is 0 Å². The lowest BCUT2D eigenvalue weighted by atomic mass is 10.3. The third kappa shape index (κ3) is 2.52. The third-order valence-corrected chi connectivity index (χ3v) is 3.25. The van der Waals surface area contributed by atoms with Crippen LogP contribution in [0.4, 0.5) is 5.69 Å². The van der Waals surface area contributed by atoms with Crippen molar-refractivity contribution in [3.63, 3.8) is 0 Å².